The molecule has 0 fully saturated rings. The Morgan fingerprint density at radius 1 is 1.08 bits per heavy atom. The second-order valence-electron chi connectivity index (χ2n) is 3.35. The molecule has 0 aliphatic carbocycles. The summed E-state index contributed by atoms with van der Waals surface area (Å²) in [5, 5.41) is 1.55. The van der Waals surface area contributed by atoms with E-state index < -0.39 is 0 Å². The molecule has 12 heavy (non-hydrogen) atoms. The van der Waals surface area contributed by atoms with Crippen molar-refractivity contribution in [1.29, 1.82) is 0 Å². The van der Waals surface area contributed by atoms with Crippen LogP contribution in [0.3, 0.4) is 0 Å². The Balaban J connectivity index is 3.39. The molecule has 0 aromatic rings. The van der Waals surface area contributed by atoms with Gasteiger partial charge in [-0.3, -0.25) is 0 Å². The van der Waals surface area contributed by atoms with Crippen LogP contribution >= 0.6 is 8.58 Å². The first-order chi connectivity index (χ1) is 5.66. The number of allylic oxidation sites excluding steroid dienone is 4. The van der Waals surface area contributed by atoms with Gasteiger partial charge < -0.3 is 0 Å². The van der Waals surface area contributed by atoms with E-state index in [2.05, 4.69) is 39.6 Å². The van der Waals surface area contributed by atoms with Gasteiger partial charge in [-0.05, 0) is 46.7 Å². The van der Waals surface area contributed by atoms with Gasteiger partial charge in [0.15, 0.2) is 0 Å². The number of rotatable bonds is 5. The van der Waals surface area contributed by atoms with Gasteiger partial charge in [-0.15, -0.1) is 0 Å². The summed E-state index contributed by atoms with van der Waals surface area (Å²) in [7, 11) is 0.984. The predicted octanol–water partition coefficient (Wildman–Crippen LogP) is 4.34. The van der Waals surface area contributed by atoms with Gasteiger partial charge in [-0.1, -0.05) is 31.6 Å². The van der Waals surface area contributed by atoms with Crippen LogP contribution < -0.4 is 0 Å². The zero-order chi connectivity index (χ0) is 9.40. The van der Waals surface area contributed by atoms with Crippen molar-refractivity contribution in [1.82, 2.24) is 0 Å². The molecular formula is C11H21P. The van der Waals surface area contributed by atoms with Crippen molar-refractivity contribution >= 4 is 8.58 Å². The Kier molecular flexibility index (Phi) is 7.50. The summed E-state index contributed by atoms with van der Waals surface area (Å²) in [5.41, 5.74) is 1.44. The van der Waals surface area contributed by atoms with E-state index in [4.69, 9.17) is 0 Å². The van der Waals surface area contributed by atoms with Crippen molar-refractivity contribution < 1.29 is 0 Å². The summed E-state index contributed by atoms with van der Waals surface area (Å²) >= 11 is 0. The first kappa shape index (κ1) is 11.9. The Hall–Kier alpha value is -0.0900. The van der Waals surface area contributed by atoms with E-state index in [-0.39, 0.29) is 0 Å². The summed E-state index contributed by atoms with van der Waals surface area (Å²) in [4.78, 5) is 0. The fourth-order valence-electron chi connectivity index (χ4n) is 0.929. The van der Waals surface area contributed by atoms with E-state index in [9.17, 15) is 0 Å². The van der Waals surface area contributed by atoms with Gasteiger partial charge in [-0.25, -0.2) is 0 Å². The Morgan fingerprint density at radius 2 is 1.67 bits per heavy atom. The van der Waals surface area contributed by atoms with E-state index in [1.807, 2.05) is 0 Å². The quantitative estimate of drug-likeness (QED) is 0.339. The predicted molar refractivity (Wildman–Crippen MR) is 61.3 cm³/mol. The van der Waals surface area contributed by atoms with Gasteiger partial charge in [0.05, 0.1) is 0 Å². The lowest BCUT2D eigenvalue weighted by Gasteiger charge is -1.95. The highest BCUT2D eigenvalue weighted by Crippen LogP contribution is 2.18. The molecule has 0 radical (unpaired) electrons. The third-order valence-corrected chi connectivity index (χ3v) is 2.80. The molecule has 0 spiro atoms. The molecule has 0 aromatic carbocycles. The van der Waals surface area contributed by atoms with Crippen LogP contribution in [0, 0.1) is 0 Å². The van der Waals surface area contributed by atoms with E-state index in [1.165, 1.54) is 24.8 Å². The molecule has 0 rings (SSSR count). The van der Waals surface area contributed by atoms with E-state index >= 15 is 0 Å². The van der Waals surface area contributed by atoms with Crippen LogP contribution in [0.4, 0.5) is 0 Å². The Labute approximate surface area is 78.9 Å². The van der Waals surface area contributed by atoms with Gasteiger partial charge in [0.25, 0.3) is 0 Å². The SMILES string of the molecule is CP/C(C)=C/CCCC=C(C)C. The first-order valence-electron chi connectivity index (χ1n) is 4.64. The van der Waals surface area contributed by atoms with Crippen LogP contribution in [0.1, 0.15) is 40.0 Å². The Bertz CT molecular complexity index is 162. The monoisotopic (exact) mass is 184 g/mol. The van der Waals surface area contributed by atoms with E-state index in [0.717, 1.165) is 8.58 Å². The lowest BCUT2D eigenvalue weighted by Crippen LogP contribution is -1.72. The van der Waals surface area contributed by atoms with Crippen molar-refractivity contribution in [2.24, 2.45) is 0 Å². The van der Waals surface area contributed by atoms with Gasteiger partial charge in [0.1, 0.15) is 0 Å². The van der Waals surface area contributed by atoms with Crippen LogP contribution in [0.5, 0.6) is 0 Å². The molecule has 0 bridgehead atoms. The molecule has 0 aliphatic rings. The van der Waals surface area contributed by atoms with Gasteiger partial charge in [0, 0.05) is 0 Å². The molecule has 1 unspecified atom stereocenters. The molecule has 0 heterocycles. The zero-order valence-electron chi connectivity index (χ0n) is 8.78. The highest BCUT2D eigenvalue weighted by Gasteiger charge is 1.85. The van der Waals surface area contributed by atoms with Crippen molar-refractivity contribution in [3.63, 3.8) is 0 Å². The number of hydrogen-bond acceptors (Lipinski definition) is 0. The summed E-state index contributed by atoms with van der Waals surface area (Å²) in [6.45, 7) is 8.78. The summed E-state index contributed by atoms with van der Waals surface area (Å²) in [6, 6.07) is 0. The molecule has 70 valence electrons. The Morgan fingerprint density at radius 3 is 2.17 bits per heavy atom. The molecule has 0 amide bonds. The second kappa shape index (κ2) is 7.55. The zero-order valence-corrected chi connectivity index (χ0v) is 9.78. The molecular weight excluding hydrogens is 163 g/mol. The number of hydrogen-bond donors (Lipinski definition) is 0. The topological polar surface area (TPSA) is 0 Å². The fourth-order valence-corrected chi connectivity index (χ4v) is 1.28. The van der Waals surface area contributed by atoms with E-state index in [0.29, 0.717) is 0 Å². The first-order valence-corrected chi connectivity index (χ1v) is 6.14. The minimum absolute atomic E-state index is 0.984. The average molecular weight is 184 g/mol. The third-order valence-electron chi connectivity index (χ3n) is 1.81. The van der Waals surface area contributed by atoms with Crippen LogP contribution in [-0.2, 0) is 0 Å². The lowest BCUT2D eigenvalue weighted by molar-refractivity contribution is 0.860. The minimum Gasteiger partial charge on any atom is -0.0987 e. The van der Waals surface area contributed by atoms with Crippen LogP contribution in [0.25, 0.3) is 0 Å². The minimum atomic E-state index is 0.984. The van der Waals surface area contributed by atoms with Crippen LogP contribution in [-0.4, -0.2) is 6.66 Å². The largest absolute Gasteiger partial charge is 0.0987 e. The maximum absolute atomic E-state index is 2.37. The molecule has 0 saturated heterocycles. The fraction of sp³-hybridized carbons (Fsp3) is 0.636. The van der Waals surface area contributed by atoms with Crippen molar-refractivity contribution in [3.8, 4) is 0 Å². The maximum atomic E-state index is 2.37. The van der Waals surface area contributed by atoms with Gasteiger partial charge in [-0.2, -0.15) is 0 Å². The van der Waals surface area contributed by atoms with E-state index in [1.54, 1.807) is 5.31 Å². The van der Waals surface area contributed by atoms with Crippen molar-refractivity contribution in [2.75, 3.05) is 6.66 Å². The highest BCUT2D eigenvalue weighted by molar-refractivity contribution is 7.42. The summed E-state index contributed by atoms with van der Waals surface area (Å²) < 4.78 is 0. The number of unbranched alkanes of at least 4 members (excludes halogenated alkanes) is 2. The molecule has 1 atom stereocenters. The van der Waals surface area contributed by atoms with Gasteiger partial charge in [0.2, 0.25) is 0 Å². The molecule has 0 saturated carbocycles. The van der Waals surface area contributed by atoms with Crippen molar-refractivity contribution in [2.45, 2.75) is 40.0 Å². The standard InChI is InChI=1S/C11H21P/c1-10(2)8-6-5-7-9-11(3)12-4/h8-9,12H,5-7H2,1-4H3/b11-9+. The maximum Gasteiger partial charge on any atom is -0.0342 e. The summed E-state index contributed by atoms with van der Waals surface area (Å²) in [6.07, 6.45) is 8.47. The average Bonchev–Trinajstić information content (AvgIpc) is 2.03. The highest BCUT2D eigenvalue weighted by atomic mass is 31.1. The molecule has 0 aromatic heterocycles. The lowest BCUT2D eigenvalue weighted by atomic mass is 10.2. The smallest absolute Gasteiger partial charge is 0.0342 e. The third kappa shape index (κ3) is 8.01. The van der Waals surface area contributed by atoms with Crippen LogP contribution in [0.2, 0.25) is 0 Å². The van der Waals surface area contributed by atoms with Crippen molar-refractivity contribution in [3.05, 3.63) is 23.0 Å². The van der Waals surface area contributed by atoms with Crippen LogP contribution in [0.15, 0.2) is 23.0 Å². The molecule has 0 aliphatic heterocycles. The molecule has 0 N–H and O–H groups in total. The normalized spacial score (nSPS) is 12.5. The second-order valence-corrected chi connectivity index (χ2v) is 4.64. The van der Waals surface area contributed by atoms with Gasteiger partial charge >= 0.3 is 0 Å². The molecule has 0 nitrogen and oxygen atoms in total. The summed E-state index contributed by atoms with van der Waals surface area (Å²) in [5.74, 6) is 0. The molecule has 1 heteroatoms.